The van der Waals surface area contributed by atoms with Crippen LogP contribution in [-0.4, -0.2) is 27.9 Å². The molecule has 1 atom stereocenters. The highest BCUT2D eigenvalue weighted by molar-refractivity contribution is 6.01. The number of hydrogen-bond donors (Lipinski definition) is 2. The maximum Gasteiger partial charge on any atom is 0.244 e. The molecule has 7 nitrogen and oxygen atoms in total. The van der Waals surface area contributed by atoms with Gasteiger partial charge in [0.05, 0.1) is 11.2 Å². The highest BCUT2D eigenvalue weighted by Gasteiger charge is 2.38. The number of nitrogens with one attached hydrogen (secondary N) is 1. The Kier molecular flexibility index (Phi) is 6.10. The van der Waals surface area contributed by atoms with E-state index in [9.17, 15) is 4.79 Å². The number of oxime groups is 1. The monoisotopic (exact) mass is 433 g/mol. The quantitative estimate of drug-likeness (QED) is 0.422. The van der Waals surface area contributed by atoms with Gasteiger partial charge in [-0.1, -0.05) is 37.2 Å². The predicted octanol–water partition coefficient (Wildman–Crippen LogP) is 4.54. The molecule has 0 fully saturated rings. The fraction of sp³-hybridized carbons (Fsp3) is 0.320. The van der Waals surface area contributed by atoms with Gasteiger partial charge in [0.25, 0.3) is 0 Å². The minimum Gasteiger partial charge on any atom is -0.489 e. The molecule has 2 N–H and O–H groups in total. The van der Waals surface area contributed by atoms with Crippen molar-refractivity contribution in [1.82, 2.24) is 10.5 Å². The number of hydroxylamine groups is 1. The zero-order valence-electron chi connectivity index (χ0n) is 18.5. The van der Waals surface area contributed by atoms with Gasteiger partial charge < -0.3 is 9.57 Å². The molecule has 3 aromatic rings. The molecule has 0 radical (unpaired) electrons. The highest BCUT2D eigenvalue weighted by Crippen LogP contribution is 2.34. The van der Waals surface area contributed by atoms with Gasteiger partial charge in [-0.15, -0.1) is 0 Å². The van der Waals surface area contributed by atoms with Crippen LogP contribution in [0, 0.1) is 12.3 Å². The van der Waals surface area contributed by atoms with Crippen molar-refractivity contribution < 1.29 is 19.6 Å². The maximum absolute atomic E-state index is 11.6. The summed E-state index contributed by atoms with van der Waals surface area (Å²) in [7, 11) is 0. The van der Waals surface area contributed by atoms with E-state index in [0.29, 0.717) is 13.0 Å². The van der Waals surface area contributed by atoms with Crippen LogP contribution in [-0.2, 0) is 16.2 Å². The number of para-hydroxylation sites is 1. The molecule has 1 amide bonds. The Morgan fingerprint density at radius 2 is 1.97 bits per heavy atom. The summed E-state index contributed by atoms with van der Waals surface area (Å²) in [5, 5.41) is 14.1. The van der Waals surface area contributed by atoms with Crippen LogP contribution in [0.25, 0.3) is 10.9 Å². The molecule has 0 bridgehead atoms. The Hall–Kier alpha value is -3.45. The number of fused-ring (bicyclic) bond motifs is 1. The number of benzene rings is 2. The number of carbonyl (C=O) groups is 1. The number of nitrogens with zero attached hydrogens (tertiary/aromatic N) is 2. The molecule has 1 aliphatic rings. The van der Waals surface area contributed by atoms with Crippen LogP contribution in [0.3, 0.4) is 0 Å². The molecule has 0 spiro atoms. The first-order chi connectivity index (χ1) is 15.4. The minimum absolute atomic E-state index is 0.146. The van der Waals surface area contributed by atoms with Gasteiger partial charge in [-0.05, 0) is 48.9 Å². The summed E-state index contributed by atoms with van der Waals surface area (Å²) in [4.78, 5) is 21.7. The Morgan fingerprint density at radius 1 is 1.22 bits per heavy atom. The lowest BCUT2D eigenvalue weighted by atomic mass is 9.80. The second-order valence-electron chi connectivity index (χ2n) is 8.79. The van der Waals surface area contributed by atoms with Crippen molar-refractivity contribution in [1.29, 1.82) is 0 Å². The van der Waals surface area contributed by atoms with Crippen LogP contribution in [0.5, 0.6) is 5.75 Å². The van der Waals surface area contributed by atoms with E-state index >= 15 is 0 Å². The number of aryl methyl sites for hydroxylation is 1. The molecule has 1 unspecified atom stereocenters. The average molecular weight is 434 g/mol. The summed E-state index contributed by atoms with van der Waals surface area (Å²) in [5.74, 6) is 0.328. The summed E-state index contributed by atoms with van der Waals surface area (Å²) in [6, 6.07) is 17.9. The second kappa shape index (κ2) is 8.96. The summed E-state index contributed by atoms with van der Waals surface area (Å²) in [6.07, 6.45) is 0.495. The van der Waals surface area contributed by atoms with Crippen molar-refractivity contribution in [3.05, 3.63) is 71.4 Å². The van der Waals surface area contributed by atoms with Crippen LogP contribution in [0.15, 0.2) is 59.8 Å². The van der Waals surface area contributed by atoms with E-state index in [2.05, 4.69) is 22.3 Å². The highest BCUT2D eigenvalue weighted by atomic mass is 16.6. The molecular weight excluding hydrogens is 406 g/mol. The molecule has 4 rings (SSSR count). The third-order valence-electron chi connectivity index (χ3n) is 5.79. The first-order valence-corrected chi connectivity index (χ1v) is 10.6. The van der Waals surface area contributed by atoms with Gasteiger partial charge in [-0.2, -0.15) is 0 Å². The van der Waals surface area contributed by atoms with E-state index < -0.39 is 11.3 Å². The summed E-state index contributed by atoms with van der Waals surface area (Å²) in [6.45, 7) is 6.29. The Bertz CT molecular complexity index is 1160. The number of rotatable bonds is 7. The first kappa shape index (κ1) is 21.8. The zero-order chi connectivity index (χ0) is 22.7. The van der Waals surface area contributed by atoms with E-state index in [1.807, 2.05) is 63.2 Å². The Labute approximate surface area is 187 Å². The van der Waals surface area contributed by atoms with Gasteiger partial charge >= 0.3 is 0 Å². The lowest BCUT2D eigenvalue weighted by Gasteiger charge is -2.28. The normalized spacial score (nSPS) is 15.9. The van der Waals surface area contributed by atoms with E-state index in [0.717, 1.165) is 39.2 Å². The van der Waals surface area contributed by atoms with Crippen molar-refractivity contribution in [2.24, 2.45) is 10.6 Å². The van der Waals surface area contributed by atoms with Crippen molar-refractivity contribution in [3.8, 4) is 5.75 Å². The molecular formula is C25H27N3O4. The van der Waals surface area contributed by atoms with Gasteiger partial charge in [0.2, 0.25) is 5.91 Å². The average Bonchev–Trinajstić information content (AvgIpc) is 3.29. The Morgan fingerprint density at radius 3 is 2.72 bits per heavy atom. The number of hydrogen-bond acceptors (Lipinski definition) is 6. The largest absolute Gasteiger partial charge is 0.489 e. The SMILES string of the molecule is Cc1cc(COc2ccc(C3=NOC(C(C)(C)CC(=O)NO)C3)cc2)c2ccccc2n1. The van der Waals surface area contributed by atoms with Crippen LogP contribution < -0.4 is 10.2 Å². The summed E-state index contributed by atoms with van der Waals surface area (Å²) >= 11 is 0. The maximum atomic E-state index is 11.6. The smallest absolute Gasteiger partial charge is 0.244 e. The number of aromatic nitrogens is 1. The van der Waals surface area contributed by atoms with Crippen molar-refractivity contribution in [2.45, 2.75) is 46.3 Å². The van der Waals surface area contributed by atoms with Gasteiger partial charge in [0, 0.05) is 34.9 Å². The van der Waals surface area contributed by atoms with Crippen LogP contribution >= 0.6 is 0 Å². The predicted molar refractivity (Wildman–Crippen MR) is 122 cm³/mol. The molecule has 166 valence electrons. The number of pyridine rings is 1. The molecule has 2 heterocycles. The van der Waals surface area contributed by atoms with Crippen molar-refractivity contribution in [2.75, 3.05) is 0 Å². The second-order valence-corrected chi connectivity index (χ2v) is 8.79. The third-order valence-corrected chi connectivity index (χ3v) is 5.79. The molecule has 1 aromatic heterocycles. The van der Waals surface area contributed by atoms with Gasteiger partial charge in [-0.3, -0.25) is 15.0 Å². The van der Waals surface area contributed by atoms with Crippen LogP contribution in [0.1, 0.15) is 43.5 Å². The van der Waals surface area contributed by atoms with Gasteiger partial charge in [0.1, 0.15) is 18.5 Å². The van der Waals surface area contributed by atoms with E-state index in [1.54, 1.807) is 5.48 Å². The lowest BCUT2D eigenvalue weighted by Crippen LogP contribution is -2.35. The Balaban J connectivity index is 1.40. The first-order valence-electron chi connectivity index (χ1n) is 10.6. The molecule has 0 saturated heterocycles. The lowest BCUT2D eigenvalue weighted by molar-refractivity contribution is -0.133. The van der Waals surface area contributed by atoms with Crippen LogP contribution in [0.2, 0.25) is 0 Å². The molecule has 1 aliphatic heterocycles. The molecule has 0 aliphatic carbocycles. The van der Waals surface area contributed by atoms with Crippen molar-refractivity contribution in [3.63, 3.8) is 0 Å². The topological polar surface area (TPSA) is 93.0 Å². The van der Waals surface area contributed by atoms with Gasteiger partial charge in [-0.25, -0.2) is 5.48 Å². The zero-order valence-corrected chi connectivity index (χ0v) is 18.5. The van der Waals surface area contributed by atoms with E-state index in [4.69, 9.17) is 14.8 Å². The number of amides is 1. The van der Waals surface area contributed by atoms with E-state index in [-0.39, 0.29) is 12.5 Å². The summed E-state index contributed by atoms with van der Waals surface area (Å²) in [5.41, 5.74) is 6.03. The summed E-state index contributed by atoms with van der Waals surface area (Å²) < 4.78 is 6.04. The molecule has 2 aromatic carbocycles. The van der Waals surface area contributed by atoms with Crippen molar-refractivity contribution >= 4 is 22.5 Å². The minimum atomic E-state index is -0.466. The third kappa shape index (κ3) is 4.73. The van der Waals surface area contributed by atoms with Gasteiger partial charge in [0.15, 0.2) is 0 Å². The molecule has 32 heavy (non-hydrogen) atoms. The van der Waals surface area contributed by atoms with E-state index in [1.165, 1.54) is 0 Å². The number of carbonyl (C=O) groups excluding carboxylic acids is 1. The standard InChI is InChI=1S/C25H27N3O4/c1-16-12-18(20-6-4-5-7-21(20)26-16)15-31-19-10-8-17(9-11-19)22-13-23(32-28-22)25(2,3)14-24(29)27-30/h4-12,23,30H,13-15H2,1-3H3,(H,27,29). The molecule has 7 heteroatoms. The number of ether oxygens (including phenoxy) is 1. The molecule has 0 saturated carbocycles. The fourth-order valence-corrected chi connectivity index (χ4v) is 3.95. The fourth-order valence-electron chi connectivity index (χ4n) is 3.95. The van der Waals surface area contributed by atoms with Crippen LogP contribution in [0.4, 0.5) is 0 Å².